The molecule has 8 N–H and O–H groups in total. The van der Waals surface area contributed by atoms with Crippen LogP contribution in [-0.4, -0.2) is 34.1 Å². The number of guanidine groups is 1. The summed E-state index contributed by atoms with van der Waals surface area (Å²) in [5, 5.41) is 15.7. The Morgan fingerprint density at radius 3 is 2.03 bits per heavy atom. The fraction of sp³-hybridized carbons (Fsp3) is 0.500. The zero-order valence-corrected chi connectivity index (χ0v) is 18.2. The fourth-order valence-corrected chi connectivity index (χ4v) is 3.27. The average Bonchev–Trinajstić information content (AvgIpc) is 3.09. The number of aryl methyl sites for hydroxylation is 2. The Hall–Kier alpha value is -3.23. The zero-order chi connectivity index (χ0) is 22.5. The number of hydrogen-bond acceptors (Lipinski definition) is 4. The first kappa shape index (κ1) is 24.0. The number of nitrogens with one attached hydrogen (secondary N) is 2. The molecule has 1 aromatic heterocycles. The van der Waals surface area contributed by atoms with Crippen LogP contribution >= 0.6 is 0 Å². The lowest BCUT2D eigenvalue weighted by Crippen LogP contribution is -2.24. The van der Waals surface area contributed by atoms with Gasteiger partial charge in [0.05, 0.1) is 6.61 Å². The maximum Gasteiger partial charge on any atom is 0.202 e. The molecule has 1 aromatic carbocycles. The first-order chi connectivity index (χ1) is 15.0. The van der Waals surface area contributed by atoms with E-state index in [1.54, 1.807) is 12.1 Å². The number of amidine groups is 1. The molecule has 0 fully saturated rings. The van der Waals surface area contributed by atoms with Crippen LogP contribution in [0.2, 0.25) is 0 Å². The molecule has 170 valence electrons. The molecule has 9 nitrogen and oxygen atoms in total. The molecule has 9 heteroatoms. The van der Waals surface area contributed by atoms with Crippen molar-refractivity contribution in [3.8, 4) is 5.75 Å². The number of nitrogen functional groups attached to an aromatic ring is 1. The van der Waals surface area contributed by atoms with Crippen molar-refractivity contribution in [2.45, 2.75) is 58.0 Å². The van der Waals surface area contributed by atoms with Crippen LogP contribution in [0.3, 0.4) is 0 Å². The van der Waals surface area contributed by atoms with Crippen molar-refractivity contribution < 1.29 is 4.74 Å². The van der Waals surface area contributed by atoms with Crippen LogP contribution in [0.5, 0.6) is 5.75 Å². The van der Waals surface area contributed by atoms with Gasteiger partial charge in [0.2, 0.25) is 5.62 Å². The van der Waals surface area contributed by atoms with E-state index in [-0.39, 0.29) is 11.8 Å². The van der Waals surface area contributed by atoms with Crippen LogP contribution in [0, 0.1) is 10.8 Å². The Labute approximate surface area is 183 Å². The highest BCUT2D eigenvalue weighted by atomic mass is 16.5. The first-order valence-electron chi connectivity index (χ1n) is 10.9. The molecule has 2 aromatic rings. The standard InChI is InChI=1S/C22H36N8O/c23-20(24)18-8-10-19(11-9-18)31-17-7-6-14-30-16-15-29(22(30)27)13-5-3-1-2-4-12-28-21(25)26/h8-11,15-16,27H,1-7,12-14,17H2,(H3,23,24)(H4,25,26,28). The fourth-order valence-electron chi connectivity index (χ4n) is 3.27. The van der Waals surface area contributed by atoms with Gasteiger partial charge in [0.25, 0.3) is 0 Å². The molecule has 0 saturated heterocycles. The summed E-state index contributed by atoms with van der Waals surface area (Å²) in [5.74, 6) is 0.999. The summed E-state index contributed by atoms with van der Waals surface area (Å²) in [5.41, 5.74) is 17.3. The van der Waals surface area contributed by atoms with Gasteiger partial charge in [0, 0.05) is 37.6 Å². The smallest absolute Gasteiger partial charge is 0.202 e. The number of nitrogens with zero attached hydrogens (tertiary/aromatic N) is 3. The summed E-state index contributed by atoms with van der Waals surface area (Å²) in [6.45, 7) is 3.01. The van der Waals surface area contributed by atoms with Crippen molar-refractivity contribution in [2.75, 3.05) is 13.2 Å². The molecular formula is C22H36N8O. The minimum absolute atomic E-state index is 0.0567. The molecule has 0 aliphatic carbocycles. The van der Waals surface area contributed by atoms with Gasteiger partial charge in [-0.05, 0) is 49.9 Å². The molecule has 0 bridgehead atoms. The Balaban J connectivity index is 1.58. The van der Waals surface area contributed by atoms with Gasteiger partial charge < -0.3 is 31.1 Å². The Kier molecular flexibility index (Phi) is 10.2. The molecule has 0 unspecified atom stereocenters. The number of hydrogen-bond donors (Lipinski definition) is 5. The SMILES string of the molecule is N=C(N)c1ccc(OCCCCn2ccn(CCCCCCCN=C(N)N)c2=N)cc1. The number of ether oxygens (including phenoxy) is 1. The molecule has 2 rings (SSSR count). The predicted molar refractivity (Wildman–Crippen MR) is 124 cm³/mol. The maximum atomic E-state index is 8.34. The van der Waals surface area contributed by atoms with Crippen LogP contribution in [-0.2, 0) is 13.1 Å². The average molecular weight is 429 g/mol. The minimum Gasteiger partial charge on any atom is -0.494 e. The van der Waals surface area contributed by atoms with Crippen LogP contribution in [0.1, 0.15) is 50.5 Å². The second kappa shape index (κ2) is 13.1. The van der Waals surface area contributed by atoms with Gasteiger partial charge in [-0.15, -0.1) is 0 Å². The van der Waals surface area contributed by atoms with Gasteiger partial charge in [-0.1, -0.05) is 19.3 Å². The highest BCUT2D eigenvalue weighted by molar-refractivity contribution is 5.94. The second-order valence-corrected chi connectivity index (χ2v) is 7.58. The molecule has 0 aliphatic heterocycles. The summed E-state index contributed by atoms with van der Waals surface area (Å²) >= 11 is 0. The molecule has 0 amide bonds. The molecule has 31 heavy (non-hydrogen) atoms. The van der Waals surface area contributed by atoms with E-state index in [0.717, 1.165) is 63.8 Å². The summed E-state index contributed by atoms with van der Waals surface area (Å²) in [4.78, 5) is 3.99. The van der Waals surface area contributed by atoms with Crippen molar-refractivity contribution in [3.63, 3.8) is 0 Å². The lowest BCUT2D eigenvalue weighted by molar-refractivity contribution is 0.302. The summed E-state index contributed by atoms with van der Waals surface area (Å²) in [6.07, 6.45) is 11.3. The Morgan fingerprint density at radius 2 is 1.42 bits per heavy atom. The van der Waals surface area contributed by atoms with Crippen molar-refractivity contribution >= 4 is 11.8 Å². The van der Waals surface area contributed by atoms with Crippen molar-refractivity contribution in [1.82, 2.24) is 9.13 Å². The van der Waals surface area contributed by atoms with E-state index in [4.69, 9.17) is 32.8 Å². The summed E-state index contributed by atoms with van der Waals surface area (Å²) in [7, 11) is 0. The molecule has 0 spiro atoms. The lowest BCUT2D eigenvalue weighted by atomic mass is 10.1. The lowest BCUT2D eigenvalue weighted by Gasteiger charge is -2.08. The third-order valence-corrected chi connectivity index (χ3v) is 5.05. The molecule has 0 aliphatic rings. The van der Waals surface area contributed by atoms with Gasteiger partial charge in [-0.2, -0.15) is 0 Å². The van der Waals surface area contributed by atoms with E-state index >= 15 is 0 Å². The van der Waals surface area contributed by atoms with Crippen LogP contribution < -0.4 is 27.6 Å². The highest BCUT2D eigenvalue weighted by Gasteiger charge is 2.02. The van der Waals surface area contributed by atoms with Gasteiger partial charge in [0.15, 0.2) is 5.96 Å². The number of benzene rings is 1. The number of aliphatic imine (C=N–C) groups is 1. The molecular weight excluding hydrogens is 392 g/mol. The van der Waals surface area contributed by atoms with E-state index in [1.165, 1.54) is 0 Å². The number of aromatic nitrogens is 2. The largest absolute Gasteiger partial charge is 0.494 e. The van der Waals surface area contributed by atoms with Crippen molar-refractivity contribution in [3.05, 3.63) is 47.8 Å². The molecule has 0 radical (unpaired) electrons. The number of nitrogens with two attached hydrogens (primary N) is 3. The monoisotopic (exact) mass is 428 g/mol. The number of rotatable bonds is 15. The van der Waals surface area contributed by atoms with Crippen molar-refractivity contribution in [2.24, 2.45) is 22.2 Å². The summed E-state index contributed by atoms with van der Waals surface area (Å²) < 4.78 is 9.72. The predicted octanol–water partition coefficient (Wildman–Crippen LogP) is 2.14. The van der Waals surface area contributed by atoms with Gasteiger partial charge in [-0.25, -0.2) is 0 Å². The van der Waals surface area contributed by atoms with Gasteiger partial charge >= 0.3 is 0 Å². The van der Waals surface area contributed by atoms with Crippen LogP contribution in [0.25, 0.3) is 0 Å². The molecule has 1 heterocycles. The molecule has 0 saturated carbocycles. The third-order valence-electron chi connectivity index (χ3n) is 5.05. The van der Waals surface area contributed by atoms with E-state index in [0.29, 0.717) is 24.3 Å². The highest BCUT2D eigenvalue weighted by Crippen LogP contribution is 2.12. The van der Waals surface area contributed by atoms with E-state index < -0.39 is 0 Å². The topological polar surface area (TPSA) is 157 Å². The third kappa shape index (κ3) is 8.98. The first-order valence-corrected chi connectivity index (χ1v) is 10.9. The van der Waals surface area contributed by atoms with E-state index in [2.05, 4.69) is 4.99 Å². The Morgan fingerprint density at radius 1 is 0.839 bits per heavy atom. The van der Waals surface area contributed by atoms with Gasteiger partial charge in [-0.3, -0.25) is 15.8 Å². The van der Waals surface area contributed by atoms with E-state index in [9.17, 15) is 0 Å². The summed E-state index contributed by atoms with van der Waals surface area (Å²) in [6, 6.07) is 7.24. The van der Waals surface area contributed by atoms with Crippen LogP contribution in [0.15, 0.2) is 41.7 Å². The Bertz CT molecular complexity index is 878. The maximum absolute atomic E-state index is 8.34. The van der Waals surface area contributed by atoms with Crippen LogP contribution in [0.4, 0.5) is 0 Å². The number of unbranched alkanes of at least 4 members (excludes halogenated alkanes) is 5. The number of imidazole rings is 1. The van der Waals surface area contributed by atoms with E-state index in [1.807, 2.05) is 33.7 Å². The molecule has 0 atom stereocenters. The minimum atomic E-state index is 0.0567. The quantitative estimate of drug-likeness (QED) is 0.167. The normalized spacial score (nSPS) is 10.7. The van der Waals surface area contributed by atoms with Gasteiger partial charge in [0.1, 0.15) is 11.6 Å². The van der Waals surface area contributed by atoms with Crippen molar-refractivity contribution in [1.29, 1.82) is 10.8 Å². The second-order valence-electron chi connectivity index (χ2n) is 7.58. The zero-order valence-electron chi connectivity index (χ0n) is 18.2.